The Balaban J connectivity index is 0.000000250. The molecule has 0 spiro atoms. The first-order chi connectivity index (χ1) is 18.4. The van der Waals surface area contributed by atoms with Crippen molar-refractivity contribution in [2.75, 3.05) is 0 Å². The molecule has 0 aliphatic heterocycles. The first kappa shape index (κ1) is 26.3. The molecule has 0 aliphatic carbocycles. The Labute approximate surface area is 243 Å². The van der Waals surface area contributed by atoms with E-state index in [1.165, 1.54) is 5.56 Å². The molecule has 4 heteroatoms. The molecule has 2 heterocycles. The van der Waals surface area contributed by atoms with Gasteiger partial charge >= 0.3 is 0 Å². The number of nitrogens with zero attached hydrogens (tertiary/aromatic N) is 2. The maximum Gasteiger partial charge on any atom is 0.124 e. The van der Waals surface area contributed by atoms with E-state index >= 15 is 0 Å². The summed E-state index contributed by atoms with van der Waals surface area (Å²) in [6.07, 6.45) is 2.13. The number of aromatic hydroxyl groups is 1. The minimum Gasteiger partial charge on any atom is -0.507 e. The van der Waals surface area contributed by atoms with Crippen molar-refractivity contribution in [2.45, 2.75) is 47.9 Å². The number of phenols is 1. The van der Waals surface area contributed by atoms with Crippen LogP contribution >= 0.6 is 0 Å². The van der Waals surface area contributed by atoms with E-state index in [4.69, 9.17) is 2.74 Å². The topological polar surface area (TPSA) is 46.0 Å². The number of pyridine rings is 2. The fourth-order valence-electron chi connectivity index (χ4n) is 4.30. The maximum absolute atomic E-state index is 9.61. The Morgan fingerprint density at radius 1 is 0.842 bits per heavy atom. The van der Waals surface area contributed by atoms with E-state index in [0.717, 1.165) is 44.4 Å². The average Bonchev–Trinajstić information content (AvgIpc) is 2.87. The number of para-hydroxylation sites is 1. The molecule has 0 unspecified atom stereocenters. The van der Waals surface area contributed by atoms with Gasteiger partial charge in [-0.25, -0.2) is 0 Å². The number of fused-ring (bicyclic) bond motifs is 1. The zero-order valence-corrected chi connectivity index (χ0v) is 25.2. The van der Waals surface area contributed by atoms with E-state index in [0.29, 0.717) is 5.56 Å². The number of rotatable bonds is 3. The third-order valence-corrected chi connectivity index (χ3v) is 5.78. The van der Waals surface area contributed by atoms with Crippen LogP contribution in [-0.4, -0.2) is 15.1 Å². The summed E-state index contributed by atoms with van der Waals surface area (Å²) in [4.78, 5) is 8.79. The molecule has 0 fully saturated rings. The van der Waals surface area contributed by atoms with Crippen LogP contribution in [0.15, 0.2) is 85.2 Å². The van der Waals surface area contributed by atoms with Gasteiger partial charge in [0.1, 0.15) is 5.75 Å². The van der Waals surface area contributed by atoms with Crippen LogP contribution in [0, 0.1) is 32.3 Å². The van der Waals surface area contributed by atoms with E-state index in [2.05, 4.69) is 35.1 Å². The van der Waals surface area contributed by atoms with Gasteiger partial charge in [-0.05, 0) is 76.6 Å². The summed E-state index contributed by atoms with van der Waals surface area (Å²) in [5.74, 6) is 0.269. The number of aryl methyl sites for hydroxylation is 3. The first-order valence-electron chi connectivity index (χ1n) is 13.5. The Hall–Kier alpha value is -3.33. The standard InChI is InChI=1S/C22H24N.C12H11NO.Ir/c1-15-10-16(2)12-19(11-15)21-20-7-6-17(14-22(3,4)5)13-18(20)8-9-23-21;1-9-6-7-13-11(8-9)10-4-2-3-5-12(10)14;/h6-11,13H,14H2,1-5H3;2-8,14H,1H3;/q-1;;/i14D2;;. The molecule has 5 rings (SSSR count). The van der Waals surface area contributed by atoms with Crippen LogP contribution in [0.1, 0.15) is 45.8 Å². The molecule has 1 radical (unpaired) electrons. The predicted molar refractivity (Wildman–Crippen MR) is 155 cm³/mol. The molecule has 0 saturated carbocycles. The van der Waals surface area contributed by atoms with Gasteiger partial charge in [-0.3, -0.25) is 4.98 Å². The van der Waals surface area contributed by atoms with Gasteiger partial charge in [-0.2, -0.15) is 0 Å². The van der Waals surface area contributed by atoms with Crippen molar-refractivity contribution in [3.8, 4) is 28.3 Å². The third kappa shape index (κ3) is 7.60. The molecule has 38 heavy (non-hydrogen) atoms. The smallest absolute Gasteiger partial charge is 0.124 e. The van der Waals surface area contributed by atoms with E-state index in [-0.39, 0.29) is 25.9 Å². The van der Waals surface area contributed by atoms with Crippen LogP contribution in [0.4, 0.5) is 0 Å². The first-order valence-corrected chi connectivity index (χ1v) is 12.5. The van der Waals surface area contributed by atoms with Crippen molar-refractivity contribution in [2.24, 2.45) is 5.41 Å². The monoisotopic (exact) mass is 682 g/mol. The number of hydrogen-bond donors (Lipinski definition) is 1. The number of phenolic OH excluding ortho intramolecular Hbond substituents is 1. The molecule has 3 nitrogen and oxygen atoms in total. The van der Waals surface area contributed by atoms with Crippen molar-refractivity contribution in [1.82, 2.24) is 9.97 Å². The molecule has 0 amide bonds. The zero-order valence-electron chi connectivity index (χ0n) is 24.8. The van der Waals surface area contributed by atoms with Gasteiger partial charge in [0.25, 0.3) is 0 Å². The summed E-state index contributed by atoms with van der Waals surface area (Å²) in [5, 5.41) is 11.6. The van der Waals surface area contributed by atoms with Crippen molar-refractivity contribution < 1.29 is 28.0 Å². The Morgan fingerprint density at radius 2 is 1.58 bits per heavy atom. The van der Waals surface area contributed by atoms with Gasteiger partial charge in [0.15, 0.2) is 0 Å². The Morgan fingerprint density at radius 3 is 2.26 bits per heavy atom. The SMILES string of the molecule is Cc1ccnc(-c2ccccc2O)c1.[2H]C([2H])(c1ccc2c(-c3[c-]c(C)cc(C)c3)nccc2c1)C(C)(C)C.[Ir]. The van der Waals surface area contributed by atoms with Crippen LogP contribution in [0.2, 0.25) is 0 Å². The quantitative estimate of drug-likeness (QED) is 0.194. The van der Waals surface area contributed by atoms with Gasteiger partial charge in [0.05, 0.1) is 5.69 Å². The molecule has 3 aromatic carbocycles. The van der Waals surface area contributed by atoms with E-state index in [1.807, 2.05) is 83.1 Å². The molecule has 0 atom stereocenters. The third-order valence-electron chi connectivity index (χ3n) is 5.78. The number of benzene rings is 3. The normalized spacial score (nSPS) is 12.1. The molecule has 5 aromatic rings. The van der Waals surface area contributed by atoms with Gasteiger partial charge in [-0.1, -0.05) is 65.0 Å². The molecule has 0 bridgehead atoms. The van der Waals surface area contributed by atoms with Crippen LogP contribution in [-0.2, 0) is 26.5 Å². The van der Waals surface area contributed by atoms with Crippen LogP contribution in [0.3, 0.4) is 0 Å². The summed E-state index contributed by atoms with van der Waals surface area (Å²) >= 11 is 0. The summed E-state index contributed by atoms with van der Waals surface area (Å²) in [5.41, 5.74) is 7.10. The van der Waals surface area contributed by atoms with Gasteiger partial charge in [0, 0.05) is 40.8 Å². The van der Waals surface area contributed by atoms with E-state index in [9.17, 15) is 5.11 Å². The van der Waals surface area contributed by atoms with E-state index in [1.54, 1.807) is 24.5 Å². The van der Waals surface area contributed by atoms with Crippen molar-refractivity contribution in [3.05, 3.63) is 114 Å². The van der Waals surface area contributed by atoms with Crippen LogP contribution in [0.5, 0.6) is 5.75 Å². The summed E-state index contributed by atoms with van der Waals surface area (Å²) in [6, 6.07) is 26.5. The second kappa shape index (κ2) is 12.5. The summed E-state index contributed by atoms with van der Waals surface area (Å²) in [7, 11) is 0. The average molecular weight is 682 g/mol. The van der Waals surface area contributed by atoms with Crippen molar-refractivity contribution in [1.29, 1.82) is 0 Å². The fourth-order valence-corrected chi connectivity index (χ4v) is 4.30. The van der Waals surface area contributed by atoms with Crippen LogP contribution in [0.25, 0.3) is 33.3 Å². The Kier molecular flexibility index (Phi) is 8.63. The predicted octanol–water partition coefficient (Wildman–Crippen LogP) is 8.67. The number of hydrogen-bond acceptors (Lipinski definition) is 3. The Bertz CT molecular complexity index is 1610. The minimum absolute atomic E-state index is 0. The van der Waals surface area contributed by atoms with Crippen LogP contribution < -0.4 is 0 Å². The second-order valence-corrected chi connectivity index (χ2v) is 10.5. The molecule has 2 aromatic heterocycles. The molecular formula is C34H35IrN2O-. The zero-order chi connectivity index (χ0) is 28.4. The van der Waals surface area contributed by atoms with Crippen molar-refractivity contribution >= 4 is 10.8 Å². The molecule has 197 valence electrons. The molecule has 0 aliphatic rings. The van der Waals surface area contributed by atoms with E-state index < -0.39 is 11.8 Å². The molecular weight excluding hydrogens is 645 g/mol. The van der Waals surface area contributed by atoms with Crippen molar-refractivity contribution in [3.63, 3.8) is 0 Å². The largest absolute Gasteiger partial charge is 0.507 e. The summed E-state index contributed by atoms with van der Waals surface area (Å²) in [6.45, 7) is 11.9. The van der Waals surface area contributed by atoms with Gasteiger partial charge in [-0.15, -0.1) is 34.9 Å². The minimum atomic E-state index is -1.41. The fraction of sp³-hybridized carbons (Fsp3) is 0.235. The molecule has 0 saturated heterocycles. The molecule has 1 N–H and O–H groups in total. The summed E-state index contributed by atoms with van der Waals surface area (Å²) < 4.78 is 17.0. The van der Waals surface area contributed by atoms with Gasteiger partial charge < -0.3 is 10.1 Å². The second-order valence-electron chi connectivity index (χ2n) is 10.5. The maximum atomic E-state index is 9.61. The number of aromatic nitrogens is 2. The van der Waals surface area contributed by atoms with Gasteiger partial charge in [0.2, 0.25) is 0 Å².